The highest BCUT2D eigenvalue weighted by Gasteiger charge is 2.28. The van der Waals surface area contributed by atoms with Crippen molar-refractivity contribution in [2.75, 3.05) is 6.61 Å². The molecule has 0 amide bonds. The molecule has 1 heterocycles. The number of hydrogen-bond donors (Lipinski definition) is 2. The fourth-order valence-electron chi connectivity index (χ4n) is 1.36. The summed E-state index contributed by atoms with van der Waals surface area (Å²) in [7, 11) is 0. The molecule has 1 atom stereocenters. The number of carboxylic acids is 1. The van der Waals surface area contributed by atoms with Gasteiger partial charge in [-0.15, -0.1) is 0 Å². The Morgan fingerprint density at radius 1 is 1.67 bits per heavy atom. The van der Waals surface area contributed by atoms with Crippen molar-refractivity contribution in [1.29, 1.82) is 0 Å². The summed E-state index contributed by atoms with van der Waals surface area (Å²) in [4.78, 5) is 17.5. The zero-order valence-corrected chi connectivity index (χ0v) is 9.20. The largest absolute Gasteiger partial charge is 0.477 e. The van der Waals surface area contributed by atoms with Gasteiger partial charge in [-0.25, -0.2) is 9.78 Å². The lowest BCUT2D eigenvalue weighted by atomic mass is 10.0. The molecule has 5 heteroatoms. The topological polar surface area (TPSA) is 75.2 Å². The third kappa shape index (κ3) is 2.36. The van der Waals surface area contributed by atoms with Gasteiger partial charge >= 0.3 is 5.97 Å². The molecule has 0 saturated carbocycles. The number of nitrogens with one attached hydrogen (secondary N) is 1. The van der Waals surface area contributed by atoms with Crippen molar-refractivity contribution in [3.05, 3.63) is 17.7 Å². The number of aromatic amines is 1. The number of imidazole rings is 1. The van der Waals surface area contributed by atoms with Crippen molar-refractivity contribution in [3.63, 3.8) is 0 Å². The molecule has 2 N–H and O–H groups in total. The Bertz CT molecular complexity index is 348. The van der Waals surface area contributed by atoms with E-state index in [0.29, 0.717) is 12.4 Å². The highest BCUT2D eigenvalue weighted by atomic mass is 16.5. The van der Waals surface area contributed by atoms with Crippen molar-refractivity contribution < 1.29 is 14.6 Å². The van der Waals surface area contributed by atoms with E-state index < -0.39 is 11.6 Å². The van der Waals surface area contributed by atoms with Gasteiger partial charge < -0.3 is 14.8 Å². The van der Waals surface area contributed by atoms with E-state index in [0.717, 1.165) is 6.42 Å². The van der Waals surface area contributed by atoms with E-state index in [1.54, 1.807) is 0 Å². The van der Waals surface area contributed by atoms with Crippen LogP contribution in [0.3, 0.4) is 0 Å². The molecule has 1 rings (SSSR count). The number of rotatable bonds is 5. The van der Waals surface area contributed by atoms with Gasteiger partial charge in [0.15, 0.2) is 0 Å². The van der Waals surface area contributed by atoms with E-state index in [4.69, 9.17) is 9.84 Å². The van der Waals surface area contributed by atoms with Crippen LogP contribution in [0.4, 0.5) is 0 Å². The quantitative estimate of drug-likeness (QED) is 0.780. The molecule has 1 unspecified atom stereocenters. The van der Waals surface area contributed by atoms with Gasteiger partial charge in [0.2, 0.25) is 0 Å². The first kappa shape index (κ1) is 11.7. The number of carbonyl (C=O) groups is 1. The number of aromatic carboxylic acids is 1. The Hall–Kier alpha value is -1.36. The second-order valence-corrected chi connectivity index (χ2v) is 3.47. The van der Waals surface area contributed by atoms with E-state index >= 15 is 0 Å². The minimum absolute atomic E-state index is 0.0874. The maximum atomic E-state index is 10.7. The molecule has 1 aromatic rings. The van der Waals surface area contributed by atoms with E-state index in [9.17, 15) is 4.79 Å². The molecule has 84 valence electrons. The van der Waals surface area contributed by atoms with Crippen molar-refractivity contribution in [2.24, 2.45) is 0 Å². The zero-order chi connectivity index (χ0) is 11.5. The average molecular weight is 212 g/mol. The summed E-state index contributed by atoms with van der Waals surface area (Å²) in [5.41, 5.74) is -0.452. The minimum Gasteiger partial charge on any atom is -0.477 e. The summed E-state index contributed by atoms with van der Waals surface area (Å²) in [6, 6.07) is 0. The van der Waals surface area contributed by atoms with Crippen LogP contribution < -0.4 is 0 Å². The normalized spacial score (nSPS) is 14.9. The van der Waals surface area contributed by atoms with Crippen LogP contribution in [-0.2, 0) is 10.3 Å². The van der Waals surface area contributed by atoms with Gasteiger partial charge in [-0.2, -0.15) is 0 Å². The Labute approximate surface area is 88.5 Å². The summed E-state index contributed by atoms with van der Waals surface area (Å²) in [5.74, 6) is -0.451. The maximum absolute atomic E-state index is 10.7. The predicted octanol–water partition coefficient (Wildman–Crippen LogP) is 1.77. The summed E-state index contributed by atoms with van der Waals surface area (Å²) >= 11 is 0. The van der Waals surface area contributed by atoms with Gasteiger partial charge in [-0.3, -0.25) is 0 Å². The van der Waals surface area contributed by atoms with Crippen LogP contribution in [0.5, 0.6) is 0 Å². The molecule has 5 nitrogen and oxygen atoms in total. The molecule has 0 fully saturated rings. The molecule has 0 aliphatic heterocycles. The van der Waals surface area contributed by atoms with E-state index in [1.807, 2.05) is 20.8 Å². The van der Waals surface area contributed by atoms with Gasteiger partial charge in [0.05, 0.1) is 6.20 Å². The molecule has 0 aliphatic carbocycles. The average Bonchev–Trinajstić information content (AvgIpc) is 2.67. The molecular weight excluding hydrogens is 196 g/mol. The first-order valence-corrected chi connectivity index (χ1v) is 4.96. The third-order valence-corrected chi connectivity index (χ3v) is 2.44. The van der Waals surface area contributed by atoms with Crippen LogP contribution in [-0.4, -0.2) is 27.7 Å². The van der Waals surface area contributed by atoms with Crippen LogP contribution in [0, 0.1) is 0 Å². The molecule has 0 aromatic carbocycles. The molecule has 0 bridgehead atoms. The number of aromatic nitrogens is 2. The van der Waals surface area contributed by atoms with Crippen molar-refractivity contribution in [2.45, 2.75) is 32.8 Å². The van der Waals surface area contributed by atoms with Crippen molar-refractivity contribution in [3.8, 4) is 0 Å². The van der Waals surface area contributed by atoms with Crippen LogP contribution >= 0.6 is 0 Å². The number of nitrogens with zero attached hydrogens (tertiary/aromatic N) is 1. The molecule has 0 saturated heterocycles. The lowest BCUT2D eigenvalue weighted by molar-refractivity contribution is -0.0385. The van der Waals surface area contributed by atoms with Gasteiger partial charge in [-0.1, -0.05) is 6.92 Å². The Kier molecular flexibility index (Phi) is 3.47. The summed E-state index contributed by atoms with van der Waals surface area (Å²) in [6.45, 7) is 6.32. The zero-order valence-electron chi connectivity index (χ0n) is 9.20. The first-order valence-electron chi connectivity index (χ1n) is 4.96. The van der Waals surface area contributed by atoms with Crippen LogP contribution in [0.1, 0.15) is 43.5 Å². The van der Waals surface area contributed by atoms with Gasteiger partial charge in [-0.05, 0) is 20.3 Å². The molecule has 15 heavy (non-hydrogen) atoms. The predicted molar refractivity (Wildman–Crippen MR) is 54.8 cm³/mol. The van der Waals surface area contributed by atoms with Gasteiger partial charge in [0.1, 0.15) is 17.1 Å². The number of hydrogen-bond acceptors (Lipinski definition) is 3. The molecular formula is C10H16N2O3. The molecule has 0 radical (unpaired) electrons. The van der Waals surface area contributed by atoms with Crippen LogP contribution in [0.15, 0.2) is 6.20 Å². The molecule has 1 aromatic heterocycles. The number of H-pyrrole nitrogens is 1. The van der Waals surface area contributed by atoms with E-state index in [2.05, 4.69) is 9.97 Å². The van der Waals surface area contributed by atoms with Crippen molar-refractivity contribution >= 4 is 5.97 Å². The highest BCUT2D eigenvalue weighted by Crippen LogP contribution is 2.26. The number of ether oxygens (including phenoxy) is 1. The van der Waals surface area contributed by atoms with E-state index in [-0.39, 0.29) is 5.69 Å². The Morgan fingerprint density at radius 2 is 2.33 bits per heavy atom. The van der Waals surface area contributed by atoms with Crippen molar-refractivity contribution in [1.82, 2.24) is 9.97 Å². The Balaban J connectivity index is 2.97. The summed E-state index contributed by atoms with van der Waals surface area (Å²) in [5, 5.41) is 8.75. The fraction of sp³-hybridized carbons (Fsp3) is 0.600. The van der Waals surface area contributed by atoms with E-state index in [1.165, 1.54) is 6.20 Å². The minimum atomic E-state index is -1.01. The fourth-order valence-corrected chi connectivity index (χ4v) is 1.36. The van der Waals surface area contributed by atoms with Crippen LogP contribution in [0.2, 0.25) is 0 Å². The highest BCUT2D eigenvalue weighted by molar-refractivity contribution is 5.85. The standard InChI is InChI=1S/C10H16N2O3/c1-4-10(3,15-5-2)9-11-6-7(12-9)8(13)14/h6H,4-5H2,1-3H3,(H,11,12)(H,13,14). The van der Waals surface area contributed by atoms with Gasteiger partial charge in [0, 0.05) is 6.61 Å². The SMILES string of the molecule is CCOC(C)(CC)c1ncc(C(=O)O)[nH]1. The summed E-state index contributed by atoms with van der Waals surface area (Å²) < 4.78 is 5.57. The van der Waals surface area contributed by atoms with Gasteiger partial charge in [0.25, 0.3) is 0 Å². The summed E-state index contributed by atoms with van der Waals surface area (Å²) in [6.07, 6.45) is 2.04. The third-order valence-electron chi connectivity index (χ3n) is 2.44. The smallest absolute Gasteiger partial charge is 0.353 e. The molecule has 0 spiro atoms. The van der Waals surface area contributed by atoms with Crippen LogP contribution in [0.25, 0.3) is 0 Å². The lowest BCUT2D eigenvalue weighted by Crippen LogP contribution is -2.26. The second kappa shape index (κ2) is 4.44. The maximum Gasteiger partial charge on any atom is 0.353 e. The first-order chi connectivity index (χ1) is 7.03. The monoisotopic (exact) mass is 212 g/mol. The molecule has 0 aliphatic rings. The number of carboxylic acid groups (broad SMARTS) is 1. The second-order valence-electron chi connectivity index (χ2n) is 3.47. The Morgan fingerprint density at radius 3 is 2.73 bits per heavy atom. The lowest BCUT2D eigenvalue weighted by Gasteiger charge is -2.25.